The van der Waals surface area contributed by atoms with Crippen LogP contribution in [0.25, 0.3) is 0 Å². The van der Waals surface area contributed by atoms with Crippen molar-refractivity contribution in [2.75, 3.05) is 6.61 Å². The van der Waals surface area contributed by atoms with Crippen molar-refractivity contribution in [3.05, 3.63) is 71.3 Å². The van der Waals surface area contributed by atoms with Gasteiger partial charge in [0, 0.05) is 5.56 Å². The van der Waals surface area contributed by atoms with E-state index in [4.69, 9.17) is 4.74 Å². The maximum Gasteiger partial charge on any atom is 0.416 e. The van der Waals surface area contributed by atoms with Gasteiger partial charge in [-0.25, -0.2) is 18.5 Å². The van der Waals surface area contributed by atoms with E-state index in [1.54, 1.807) is 0 Å². The second-order valence-corrected chi connectivity index (χ2v) is 5.57. The molecule has 1 aliphatic rings. The van der Waals surface area contributed by atoms with Crippen molar-refractivity contribution < 1.29 is 23.1 Å². The van der Waals surface area contributed by atoms with E-state index in [2.05, 4.69) is 0 Å². The van der Waals surface area contributed by atoms with E-state index >= 15 is 0 Å². The third-order valence-corrected chi connectivity index (χ3v) is 3.92. The number of cyclic esters (lactones) is 1. The van der Waals surface area contributed by atoms with Crippen molar-refractivity contribution in [3.63, 3.8) is 0 Å². The Morgan fingerprint density at radius 2 is 1.88 bits per heavy atom. The number of rotatable bonds is 4. The van der Waals surface area contributed by atoms with Crippen molar-refractivity contribution in [2.24, 2.45) is 0 Å². The van der Waals surface area contributed by atoms with E-state index in [9.17, 15) is 18.4 Å². The number of amides is 2. The van der Waals surface area contributed by atoms with Gasteiger partial charge in [-0.15, -0.1) is 0 Å². The van der Waals surface area contributed by atoms with Crippen LogP contribution in [0.3, 0.4) is 0 Å². The van der Waals surface area contributed by atoms with Crippen molar-refractivity contribution in [2.45, 2.75) is 18.9 Å². The lowest BCUT2D eigenvalue weighted by Crippen LogP contribution is -2.41. The average Bonchev–Trinajstić information content (AvgIpc) is 2.93. The van der Waals surface area contributed by atoms with Crippen LogP contribution in [0.2, 0.25) is 0 Å². The number of carbonyl (C=O) groups excluding carboxylic acids is 2. The largest absolute Gasteiger partial charge is 0.447 e. The molecule has 1 aliphatic heterocycles. The molecule has 1 heterocycles. The smallest absolute Gasteiger partial charge is 0.416 e. The molecular formula is C18H15F2NO3. The summed E-state index contributed by atoms with van der Waals surface area (Å²) in [5.74, 6) is -2.70. The molecule has 0 radical (unpaired) electrons. The summed E-state index contributed by atoms with van der Waals surface area (Å²) in [7, 11) is 0. The molecule has 0 N–H and O–H groups in total. The number of imide groups is 1. The molecule has 1 fully saturated rings. The summed E-state index contributed by atoms with van der Waals surface area (Å²) < 4.78 is 31.9. The minimum absolute atomic E-state index is 0.0850. The highest BCUT2D eigenvalue weighted by atomic mass is 19.2. The first-order valence-electron chi connectivity index (χ1n) is 7.52. The van der Waals surface area contributed by atoms with Crippen LogP contribution in [0.1, 0.15) is 11.1 Å². The summed E-state index contributed by atoms with van der Waals surface area (Å²) in [6.45, 7) is 0.0884. The topological polar surface area (TPSA) is 46.6 Å². The van der Waals surface area contributed by atoms with Crippen LogP contribution in [0.4, 0.5) is 13.6 Å². The van der Waals surface area contributed by atoms with Crippen LogP contribution < -0.4 is 0 Å². The molecule has 124 valence electrons. The summed E-state index contributed by atoms with van der Waals surface area (Å²) in [5.41, 5.74) is 0.869. The van der Waals surface area contributed by atoms with Crippen molar-refractivity contribution >= 4 is 12.0 Å². The molecule has 1 atom stereocenters. The molecule has 24 heavy (non-hydrogen) atoms. The van der Waals surface area contributed by atoms with Crippen LogP contribution in [-0.2, 0) is 22.4 Å². The van der Waals surface area contributed by atoms with Gasteiger partial charge in [0.15, 0.2) is 11.6 Å². The Hall–Kier alpha value is -2.76. The lowest BCUT2D eigenvalue weighted by molar-refractivity contribution is -0.128. The SMILES string of the molecule is O=C(Cc1cccc(F)c1F)N1C(=O)OC[C@H]1Cc1ccccc1. The number of hydrogen-bond donors (Lipinski definition) is 0. The average molecular weight is 331 g/mol. The minimum atomic E-state index is -1.07. The normalized spacial score (nSPS) is 17.0. The van der Waals surface area contributed by atoms with Crippen LogP contribution >= 0.6 is 0 Å². The summed E-state index contributed by atoms with van der Waals surface area (Å²) in [6, 6.07) is 12.5. The molecule has 0 bridgehead atoms. The van der Waals surface area contributed by atoms with Gasteiger partial charge in [0.2, 0.25) is 5.91 Å². The molecule has 1 saturated heterocycles. The highest BCUT2D eigenvalue weighted by Crippen LogP contribution is 2.20. The van der Waals surface area contributed by atoms with E-state index in [0.29, 0.717) is 6.42 Å². The van der Waals surface area contributed by atoms with Crippen molar-refractivity contribution in [1.29, 1.82) is 0 Å². The standard InChI is InChI=1S/C18H15F2NO3/c19-15-8-4-7-13(17(15)20)10-16(22)21-14(11-24-18(21)23)9-12-5-2-1-3-6-12/h1-8,14H,9-11H2/t14-/m1/s1. The zero-order valence-electron chi connectivity index (χ0n) is 12.7. The molecule has 0 aliphatic carbocycles. The van der Waals surface area contributed by atoms with Crippen LogP contribution in [0.5, 0.6) is 0 Å². The third-order valence-electron chi connectivity index (χ3n) is 3.92. The fraction of sp³-hybridized carbons (Fsp3) is 0.222. The maximum atomic E-state index is 13.7. The van der Waals surface area contributed by atoms with Crippen LogP contribution in [-0.4, -0.2) is 29.5 Å². The molecule has 6 heteroatoms. The fourth-order valence-corrected chi connectivity index (χ4v) is 2.74. The molecule has 3 rings (SSSR count). The van der Waals surface area contributed by atoms with Crippen molar-refractivity contribution in [3.8, 4) is 0 Å². The Balaban J connectivity index is 1.76. The van der Waals surface area contributed by atoms with Gasteiger partial charge in [0.25, 0.3) is 0 Å². The number of ether oxygens (including phenoxy) is 1. The quantitative estimate of drug-likeness (QED) is 0.865. The molecule has 2 aromatic carbocycles. The Morgan fingerprint density at radius 1 is 1.12 bits per heavy atom. The lowest BCUT2D eigenvalue weighted by Gasteiger charge is -2.20. The first kappa shape index (κ1) is 16.1. The minimum Gasteiger partial charge on any atom is -0.447 e. The number of hydrogen-bond acceptors (Lipinski definition) is 3. The first-order valence-corrected chi connectivity index (χ1v) is 7.52. The number of halogens is 2. The molecule has 0 unspecified atom stereocenters. The maximum absolute atomic E-state index is 13.7. The molecule has 0 spiro atoms. The first-order chi connectivity index (χ1) is 11.6. The number of nitrogens with zero attached hydrogens (tertiary/aromatic N) is 1. The molecule has 4 nitrogen and oxygen atoms in total. The zero-order chi connectivity index (χ0) is 17.1. The molecule has 2 aromatic rings. The molecular weight excluding hydrogens is 316 g/mol. The van der Waals surface area contributed by atoms with Gasteiger partial charge in [0.1, 0.15) is 6.61 Å². The van der Waals surface area contributed by atoms with Gasteiger partial charge in [-0.2, -0.15) is 0 Å². The lowest BCUT2D eigenvalue weighted by atomic mass is 10.0. The second-order valence-electron chi connectivity index (χ2n) is 5.57. The zero-order valence-corrected chi connectivity index (χ0v) is 12.7. The second kappa shape index (κ2) is 6.78. The molecule has 2 amide bonds. The summed E-state index contributed by atoms with van der Waals surface area (Å²) >= 11 is 0. The predicted octanol–water partition coefficient (Wildman–Crippen LogP) is 3.10. The van der Waals surface area contributed by atoms with E-state index < -0.39 is 36.1 Å². The van der Waals surface area contributed by atoms with Gasteiger partial charge < -0.3 is 4.74 Å². The van der Waals surface area contributed by atoms with Gasteiger partial charge in [0.05, 0.1) is 12.5 Å². The van der Waals surface area contributed by atoms with Crippen molar-refractivity contribution in [1.82, 2.24) is 4.90 Å². The number of carbonyl (C=O) groups is 2. The fourth-order valence-electron chi connectivity index (χ4n) is 2.74. The van der Waals surface area contributed by atoms with E-state index in [1.165, 1.54) is 12.1 Å². The molecule has 0 saturated carbocycles. The van der Waals surface area contributed by atoms with E-state index in [-0.39, 0.29) is 12.2 Å². The predicted molar refractivity (Wildman–Crippen MR) is 82.2 cm³/mol. The van der Waals surface area contributed by atoms with Gasteiger partial charge in [-0.3, -0.25) is 4.79 Å². The molecule has 0 aromatic heterocycles. The van der Waals surface area contributed by atoms with E-state index in [0.717, 1.165) is 16.5 Å². The Morgan fingerprint density at radius 3 is 2.62 bits per heavy atom. The Labute approximate surface area is 137 Å². The summed E-state index contributed by atoms with van der Waals surface area (Å²) in [6.07, 6.45) is -0.703. The van der Waals surface area contributed by atoms with Gasteiger partial charge in [-0.1, -0.05) is 42.5 Å². The van der Waals surface area contributed by atoms with Gasteiger partial charge in [-0.05, 0) is 18.1 Å². The Kier molecular flexibility index (Phi) is 4.55. The monoisotopic (exact) mass is 331 g/mol. The number of benzene rings is 2. The third kappa shape index (κ3) is 3.27. The Bertz CT molecular complexity index is 764. The highest BCUT2D eigenvalue weighted by Gasteiger charge is 2.37. The summed E-state index contributed by atoms with van der Waals surface area (Å²) in [4.78, 5) is 25.3. The summed E-state index contributed by atoms with van der Waals surface area (Å²) in [5, 5.41) is 0. The van der Waals surface area contributed by atoms with Crippen LogP contribution in [0, 0.1) is 11.6 Å². The van der Waals surface area contributed by atoms with E-state index in [1.807, 2.05) is 30.3 Å². The van der Waals surface area contributed by atoms with Gasteiger partial charge >= 0.3 is 6.09 Å². The van der Waals surface area contributed by atoms with Crippen LogP contribution in [0.15, 0.2) is 48.5 Å². The highest BCUT2D eigenvalue weighted by molar-refractivity contribution is 5.94.